The molecule has 6 heteroatoms. The molecule has 0 radical (unpaired) electrons. The fourth-order valence-corrected chi connectivity index (χ4v) is 10.8. The summed E-state index contributed by atoms with van der Waals surface area (Å²) < 4.78 is 17.0. The van der Waals surface area contributed by atoms with Crippen LogP contribution in [0.5, 0.6) is 0 Å². The van der Waals surface area contributed by atoms with Gasteiger partial charge < -0.3 is 14.2 Å². The van der Waals surface area contributed by atoms with Crippen LogP contribution in [0.15, 0.2) is 60.8 Å². The van der Waals surface area contributed by atoms with E-state index in [1.165, 1.54) is 263 Å². The minimum absolute atomic E-state index is 0.0698. The minimum atomic E-state index is -0.774. The molecule has 0 aliphatic rings. The molecule has 0 rings (SSSR count). The summed E-state index contributed by atoms with van der Waals surface area (Å²) in [5.74, 6) is -0.845. The van der Waals surface area contributed by atoms with E-state index in [4.69, 9.17) is 14.2 Å². The second kappa shape index (κ2) is 70.6. The lowest BCUT2D eigenvalue weighted by molar-refractivity contribution is -0.167. The van der Waals surface area contributed by atoms with Gasteiger partial charge in [0.05, 0.1) is 0 Å². The molecule has 0 fully saturated rings. The van der Waals surface area contributed by atoms with E-state index in [1.54, 1.807) is 0 Å². The normalized spacial score (nSPS) is 12.4. The van der Waals surface area contributed by atoms with Crippen molar-refractivity contribution in [3.05, 3.63) is 60.8 Å². The van der Waals surface area contributed by atoms with Gasteiger partial charge in [-0.1, -0.05) is 345 Å². The Hall–Kier alpha value is -2.89. The summed E-state index contributed by atoms with van der Waals surface area (Å²) >= 11 is 0. The lowest BCUT2D eigenvalue weighted by atomic mass is 10.0. The highest BCUT2D eigenvalue weighted by molar-refractivity contribution is 5.71. The van der Waals surface area contributed by atoms with Crippen molar-refractivity contribution in [1.29, 1.82) is 0 Å². The van der Waals surface area contributed by atoms with Crippen LogP contribution in [0.25, 0.3) is 0 Å². The van der Waals surface area contributed by atoms with Gasteiger partial charge in [-0.2, -0.15) is 0 Å². The maximum atomic E-state index is 13.0. The molecule has 1 atom stereocenters. The van der Waals surface area contributed by atoms with Crippen molar-refractivity contribution in [1.82, 2.24) is 0 Å². The Labute approximate surface area is 510 Å². The van der Waals surface area contributed by atoms with Gasteiger partial charge in [-0.25, -0.2) is 0 Å². The van der Waals surface area contributed by atoms with Crippen molar-refractivity contribution in [3.63, 3.8) is 0 Å². The fraction of sp³-hybridized carbons (Fsp3) is 0.829. The quantitative estimate of drug-likeness (QED) is 0.0261. The van der Waals surface area contributed by atoms with E-state index in [2.05, 4.69) is 81.5 Å². The van der Waals surface area contributed by atoms with Gasteiger partial charge >= 0.3 is 17.9 Å². The minimum Gasteiger partial charge on any atom is -0.462 e. The van der Waals surface area contributed by atoms with Crippen LogP contribution < -0.4 is 0 Å². The maximum Gasteiger partial charge on any atom is 0.306 e. The van der Waals surface area contributed by atoms with E-state index in [9.17, 15) is 14.4 Å². The molecule has 0 spiro atoms. The number of carbonyl (C=O) groups excluding carboxylic acids is 3. The third-order valence-corrected chi connectivity index (χ3v) is 16.3. The van der Waals surface area contributed by atoms with Crippen molar-refractivity contribution >= 4 is 17.9 Å². The van der Waals surface area contributed by atoms with Gasteiger partial charge in [-0.05, 0) is 83.5 Å². The van der Waals surface area contributed by atoms with Crippen LogP contribution in [-0.4, -0.2) is 37.2 Å². The number of ether oxygens (including phenoxy) is 3. The number of unbranched alkanes of at least 4 members (excludes halogenated alkanes) is 46. The third-order valence-electron chi connectivity index (χ3n) is 16.3. The number of hydrogen-bond acceptors (Lipinski definition) is 6. The maximum absolute atomic E-state index is 13.0. The molecule has 0 amide bonds. The van der Waals surface area contributed by atoms with Crippen LogP contribution in [-0.2, 0) is 28.6 Å². The van der Waals surface area contributed by atoms with Crippen LogP contribution in [0.2, 0.25) is 0 Å². The smallest absolute Gasteiger partial charge is 0.306 e. The molecule has 0 aromatic heterocycles. The molecule has 6 nitrogen and oxygen atoms in total. The largest absolute Gasteiger partial charge is 0.462 e. The Morgan fingerprint density at radius 3 is 0.756 bits per heavy atom. The molecule has 0 aromatic carbocycles. The van der Waals surface area contributed by atoms with E-state index >= 15 is 0 Å². The predicted molar refractivity (Wildman–Crippen MR) is 358 cm³/mol. The third kappa shape index (κ3) is 67.9. The van der Waals surface area contributed by atoms with Crippen molar-refractivity contribution in [2.24, 2.45) is 0 Å². The topological polar surface area (TPSA) is 78.9 Å². The molecule has 0 saturated heterocycles. The Bertz CT molecular complexity index is 1460. The molecule has 82 heavy (non-hydrogen) atoms. The first-order chi connectivity index (χ1) is 40.5. The average Bonchev–Trinajstić information content (AvgIpc) is 3.47. The summed E-state index contributed by atoms with van der Waals surface area (Å²) in [7, 11) is 0. The summed E-state index contributed by atoms with van der Waals surface area (Å²) in [5, 5.41) is 0. The Balaban J connectivity index is 4.25. The molecule has 0 aromatic rings. The van der Waals surface area contributed by atoms with Gasteiger partial charge in [-0.3, -0.25) is 14.4 Å². The van der Waals surface area contributed by atoms with Crippen molar-refractivity contribution < 1.29 is 28.6 Å². The van der Waals surface area contributed by atoms with Gasteiger partial charge in [0.15, 0.2) is 6.10 Å². The van der Waals surface area contributed by atoms with E-state index in [-0.39, 0.29) is 31.1 Å². The Morgan fingerprint density at radius 1 is 0.256 bits per heavy atom. The highest BCUT2D eigenvalue weighted by atomic mass is 16.6. The van der Waals surface area contributed by atoms with Crippen LogP contribution >= 0.6 is 0 Å². The molecule has 1 unspecified atom stereocenters. The van der Waals surface area contributed by atoms with Crippen LogP contribution in [0.3, 0.4) is 0 Å². The van der Waals surface area contributed by atoms with Crippen LogP contribution in [0, 0.1) is 0 Å². The average molecular weight is 1150 g/mol. The van der Waals surface area contributed by atoms with Crippen molar-refractivity contribution in [3.8, 4) is 0 Å². The molecule has 0 heterocycles. The summed E-state index contributed by atoms with van der Waals surface area (Å²) in [6.07, 6.45) is 91.1. The molecular formula is C76H138O6. The Kier molecular flexibility index (Phi) is 68.1. The second-order valence-electron chi connectivity index (χ2n) is 24.5. The zero-order valence-corrected chi connectivity index (χ0v) is 55.0. The molecule has 0 aliphatic carbocycles. The molecule has 0 aliphatic heterocycles. The lowest BCUT2D eigenvalue weighted by Gasteiger charge is -2.18. The van der Waals surface area contributed by atoms with Gasteiger partial charge in [0.25, 0.3) is 0 Å². The van der Waals surface area contributed by atoms with Gasteiger partial charge in [0.2, 0.25) is 0 Å². The molecule has 0 N–H and O–H groups in total. The highest BCUT2D eigenvalue weighted by Gasteiger charge is 2.19. The van der Waals surface area contributed by atoms with E-state index in [0.29, 0.717) is 19.3 Å². The molecule has 478 valence electrons. The number of hydrogen-bond donors (Lipinski definition) is 0. The summed E-state index contributed by atoms with van der Waals surface area (Å²) in [6.45, 7) is 6.59. The predicted octanol–water partition coefficient (Wildman–Crippen LogP) is 25.1. The highest BCUT2D eigenvalue weighted by Crippen LogP contribution is 2.18. The van der Waals surface area contributed by atoms with Gasteiger partial charge in [-0.15, -0.1) is 0 Å². The standard InChI is InChI=1S/C76H138O6/c1-4-7-10-13-16-19-22-25-28-31-33-34-35-36-37-38-39-40-41-42-43-46-48-51-54-57-60-63-66-69-75(78)81-72-73(71-80-74(77)68-65-62-59-56-53-50-47-44-30-27-24-21-18-15-12-9-6-3)82-76(79)70-67-64-61-58-55-52-49-45-32-29-26-23-20-17-14-11-8-5-2/h7,10,16,19,25,27-28,30,33-34,73H,4-6,8-9,11-15,17-18,20-24,26,29,31-32,35-72H2,1-3H3/b10-7-,19-16-,28-25-,30-27-,34-33-. The number of carbonyl (C=O) groups is 3. The zero-order valence-electron chi connectivity index (χ0n) is 55.0. The summed E-state index contributed by atoms with van der Waals surface area (Å²) in [6, 6.07) is 0. The zero-order chi connectivity index (χ0) is 59.2. The first-order valence-electron chi connectivity index (χ1n) is 36.3. The second-order valence-corrected chi connectivity index (χ2v) is 24.5. The van der Waals surface area contributed by atoms with Gasteiger partial charge in [0.1, 0.15) is 13.2 Å². The lowest BCUT2D eigenvalue weighted by Crippen LogP contribution is -2.30. The van der Waals surface area contributed by atoms with E-state index < -0.39 is 6.10 Å². The van der Waals surface area contributed by atoms with E-state index in [0.717, 1.165) is 83.5 Å². The molecule has 0 bridgehead atoms. The number of allylic oxidation sites excluding steroid dienone is 10. The SMILES string of the molecule is CC/C=C\C/C=C\C/C=C\C/C=C\CCCCCCCCCCCCCCCCCCC(=O)OCC(COC(=O)CCCCCCCCC/C=C\CCCCCCCC)OC(=O)CCCCCCCCCCCCCCCCCCCC. The van der Waals surface area contributed by atoms with Crippen molar-refractivity contribution in [2.75, 3.05) is 13.2 Å². The Morgan fingerprint density at radius 2 is 0.476 bits per heavy atom. The first-order valence-corrected chi connectivity index (χ1v) is 36.3. The van der Waals surface area contributed by atoms with E-state index in [1.807, 2.05) is 0 Å². The van der Waals surface area contributed by atoms with Crippen LogP contribution in [0.4, 0.5) is 0 Å². The monoisotopic (exact) mass is 1150 g/mol. The molecular weight excluding hydrogens is 1010 g/mol. The number of rotatable bonds is 67. The van der Waals surface area contributed by atoms with Crippen molar-refractivity contribution in [2.45, 2.75) is 393 Å². The van der Waals surface area contributed by atoms with Gasteiger partial charge in [0, 0.05) is 19.3 Å². The van der Waals surface area contributed by atoms with Crippen LogP contribution in [0.1, 0.15) is 387 Å². The summed E-state index contributed by atoms with van der Waals surface area (Å²) in [4.78, 5) is 38.5. The fourth-order valence-electron chi connectivity index (χ4n) is 10.8. The first kappa shape index (κ1) is 79.1. The number of esters is 3. The molecule has 0 saturated carbocycles. The summed E-state index contributed by atoms with van der Waals surface area (Å²) in [5.41, 5.74) is 0.